The molecule has 1 rings (SSSR count). The van der Waals surface area contributed by atoms with Crippen LogP contribution >= 0.6 is 15.9 Å². The Bertz CT molecular complexity index is 342. The average molecular weight is 287 g/mol. The van der Waals surface area contributed by atoms with Gasteiger partial charge in [-0.25, -0.2) is 0 Å². The molecule has 0 aliphatic heterocycles. The number of aliphatic hydroxyl groups is 1. The Morgan fingerprint density at radius 2 is 2.12 bits per heavy atom. The monoisotopic (exact) mass is 286 g/mol. The van der Waals surface area contributed by atoms with Gasteiger partial charge in [-0.1, -0.05) is 29.8 Å². The van der Waals surface area contributed by atoms with E-state index in [0.717, 1.165) is 22.3 Å². The number of hydrogen-bond donors (Lipinski definition) is 3. The minimum Gasteiger partial charge on any atom is -0.397 e. The summed E-state index contributed by atoms with van der Waals surface area (Å²) in [5.74, 6) is 0.454. The van der Waals surface area contributed by atoms with Gasteiger partial charge in [0, 0.05) is 17.1 Å². The lowest BCUT2D eigenvalue weighted by atomic mass is 10.0. The van der Waals surface area contributed by atoms with E-state index in [0.29, 0.717) is 5.92 Å². The number of nitrogens with two attached hydrogens (primary N) is 1. The number of aliphatic hydroxyl groups excluding tert-OH is 1. The molecule has 0 saturated carbocycles. The van der Waals surface area contributed by atoms with Crippen molar-refractivity contribution in [3.63, 3.8) is 0 Å². The Kier molecular flexibility index (Phi) is 5.09. The minimum atomic E-state index is 0.187. The number of halogens is 1. The summed E-state index contributed by atoms with van der Waals surface area (Å²) in [4.78, 5) is 0. The van der Waals surface area contributed by atoms with Crippen molar-refractivity contribution in [1.29, 1.82) is 0 Å². The van der Waals surface area contributed by atoms with Crippen molar-refractivity contribution in [2.24, 2.45) is 5.92 Å². The topological polar surface area (TPSA) is 58.3 Å². The first-order valence-electron chi connectivity index (χ1n) is 5.47. The van der Waals surface area contributed by atoms with Crippen LogP contribution in [-0.2, 0) is 0 Å². The highest BCUT2D eigenvalue weighted by molar-refractivity contribution is 9.10. The van der Waals surface area contributed by atoms with Crippen LogP contribution in [0.25, 0.3) is 0 Å². The molecule has 0 aliphatic carbocycles. The van der Waals surface area contributed by atoms with E-state index in [9.17, 15) is 0 Å². The highest BCUT2D eigenvalue weighted by Crippen LogP contribution is 2.25. The van der Waals surface area contributed by atoms with Crippen LogP contribution in [0, 0.1) is 5.92 Å². The van der Waals surface area contributed by atoms with Crippen LogP contribution in [0.1, 0.15) is 20.3 Å². The van der Waals surface area contributed by atoms with Crippen molar-refractivity contribution < 1.29 is 5.11 Å². The summed E-state index contributed by atoms with van der Waals surface area (Å²) in [6.07, 6.45) is 0.729. The van der Waals surface area contributed by atoms with Gasteiger partial charge in [0.25, 0.3) is 0 Å². The summed E-state index contributed by atoms with van der Waals surface area (Å²) in [7, 11) is 0. The van der Waals surface area contributed by atoms with Gasteiger partial charge in [-0.05, 0) is 30.5 Å². The van der Waals surface area contributed by atoms with E-state index in [1.807, 2.05) is 18.2 Å². The standard InChI is InChI=1S/C12H19BrN2O/c1-8(2)11(5-6-16)15-12-4-3-9(13)7-10(12)14/h3-4,7-8,11,15-16H,5-6,14H2,1-2H3. The summed E-state index contributed by atoms with van der Waals surface area (Å²) in [5.41, 5.74) is 7.56. The van der Waals surface area contributed by atoms with Crippen LogP contribution < -0.4 is 11.1 Å². The number of nitrogen functional groups attached to an aromatic ring is 1. The Balaban J connectivity index is 2.77. The molecular weight excluding hydrogens is 268 g/mol. The zero-order valence-corrected chi connectivity index (χ0v) is 11.3. The van der Waals surface area contributed by atoms with Gasteiger partial charge in [-0.2, -0.15) is 0 Å². The summed E-state index contributed by atoms with van der Waals surface area (Å²) in [6, 6.07) is 6.02. The number of anilines is 2. The number of rotatable bonds is 5. The molecule has 3 nitrogen and oxygen atoms in total. The first kappa shape index (κ1) is 13.3. The predicted molar refractivity (Wildman–Crippen MR) is 72.5 cm³/mol. The third-order valence-corrected chi connectivity index (χ3v) is 3.09. The van der Waals surface area contributed by atoms with E-state index in [2.05, 4.69) is 35.1 Å². The molecule has 1 aromatic carbocycles. The van der Waals surface area contributed by atoms with Gasteiger partial charge >= 0.3 is 0 Å². The molecule has 4 N–H and O–H groups in total. The van der Waals surface area contributed by atoms with Crippen molar-refractivity contribution in [3.05, 3.63) is 22.7 Å². The molecular formula is C12H19BrN2O. The fraction of sp³-hybridized carbons (Fsp3) is 0.500. The molecule has 0 fully saturated rings. The molecule has 1 unspecified atom stereocenters. The van der Waals surface area contributed by atoms with E-state index in [-0.39, 0.29) is 12.6 Å². The van der Waals surface area contributed by atoms with Crippen molar-refractivity contribution in [2.45, 2.75) is 26.3 Å². The van der Waals surface area contributed by atoms with E-state index < -0.39 is 0 Å². The molecule has 16 heavy (non-hydrogen) atoms. The van der Waals surface area contributed by atoms with Gasteiger partial charge < -0.3 is 16.2 Å². The quantitative estimate of drug-likeness (QED) is 0.730. The second-order valence-electron chi connectivity index (χ2n) is 4.24. The number of hydrogen-bond acceptors (Lipinski definition) is 3. The predicted octanol–water partition coefficient (Wildman–Crippen LogP) is 2.85. The van der Waals surface area contributed by atoms with Crippen LogP contribution in [0.15, 0.2) is 22.7 Å². The smallest absolute Gasteiger partial charge is 0.0576 e. The maximum Gasteiger partial charge on any atom is 0.0576 e. The third-order valence-electron chi connectivity index (χ3n) is 2.60. The van der Waals surface area contributed by atoms with Crippen LogP contribution in [0.5, 0.6) is 0 Å². The van der Waals surface area contributed by atoms with E-state index in [4.69, 9.17) is 10.8 Å². The molecule has 0 saturated heterocycles. The molecule has 1 atom stereocenters. The second-order valence-corrected chi connectivity index (χ2v) is 5.15. The second kappa shape index (κ2) is 6.11. The zero-order chi connectivity index (χ0) is 12.1. The Morgan fingerprint density at radius 3 is 2.62 bits per heavy atom. The lowest BCUT2D eigenvalue weighted by molar-refractivity contribution is 0.267. The molecule has 0 aliphatic rings. The largest absolute Gasteiger partial charge is 0.397 e. The molecule has 0 aromatic heterocycles. The normalized spacial score (nSPS) is 12.8. The molecule has 4 heteroatoms. The zero-order valence-electron chi connectivity index (χ0n) is 9.70. The fourth-order valence-corrected chi connectivity index (χ4v) is 1.95. The fourth-order valence-electron chi connectivity index (χ4n) is 1.58. The van der Waals surface area contributed by atoms with Crippen molar-refractivity contribution in [1.82, 2.24) is 0 Å². The number of nitrogens with one attached hydrogen (secondary N) is 1. The average Bonchev–Trinajstić information content (AvgIpc) is 2.20. The first-order chi connectivity index (χ1) is 7.54. The Morgan fingerprint density at radius 1 is 1.44 bits per heavy atom. The van der Waals surface area contributed by atoms with E-state index in [1.54, 1.807) is 0 Å². The molecule has 0 spiro atoms. The summed E-state index contributed by atoms with van der Waals surface area (Å²) in [5, 5.41) is 12.4. The van der Waals surface area contributed by atoms with Crippen molar-refractivity contribution in [3.8, 4) is 0 Å². The SMILES string of the molecule is CC(C)C(CCO)Nc1ccc(Br)cc1N. The first-order valence-corrected chi connectivity index (χ1v) is 6.26. The Hall–Kier alpha value is -0.740. The summed E-state index contributed by atoms with van der Waals surface area (Å²) >= 11 is 3.37. The van der Waals surface area contributed by atoms with E-state index in [1.165, 1.54) is 0 Å². The van der Waals surface area contributed by atoms with Gasteiger partial charge in [0.15, 0.2) is 0 Å². The minimum absolute atomic E-state index is 0.187. The summed E-state index contributed by atoms with van der Waals surface area (Å²) in [6.45, 7) is 4.44. The molecule has 0 heterocycles. The molecule has 0 bridgehead atoms. The highest BCUT2D eigenvalue weighted by Gasteiger charge is 2.13. The maximum atomic E-state index is 9.00. The number of benzene rings is 1. The molecule has 1 aromatic rings. The Labute approximate surface area is 105 Å². The highest BCUT2D eigenvalue weighted by atomic mass is 79.9. The molecule has 0 radical (unpaired) electrons. The van der Waals surface area contributed by atoms with E-state index >= 15 is 0 Å². The lowest BCUT2D eigenvalue weighted by Gasteiger charge is -2.23. The van der Waals surface area contributed by atoms with Gasteiger partial charge in [0.2, 0.25) is 0 Å². The lowest BCUT2D eigenvalue weighted by Crippen LogP contribution is -2.27. The molecule has 0 amide bonds. The van der Waals surface area contributed by atoms with Crippen molar-refractivity contribution >= 4 is 27.3 Å². The van der Waals surface area contributed by atoms with Crippen LogP contribution in [0.3, 0.4) is 0 Å². The van der Waals surface area contributed by atoms with Crippen molar-refractivity contribution in [2.75, 3.05) is 17.7 Å². The van der Waals surface area contributed by atoms with Gasteiger partial charge in [0.05, 0.1) is 11.4 Å². The summed E-state index contributed by atoms with van der Waals surface area (Å²) < 4.78 is 0.971. The third kappa shape index (κ3) is 3.68. The van der Waals surface area contributed by atoms with Gasteiger partial charge in [-0.3, -0.25) is 0 Å². The van der Waals surface area contributed by atoms with Crippen LogP contribution in [0.4, 0.5) is 11.4 Å². The van der Waals surface area contributed by atoms with Crippen LogP contribution in [-0.4, -0.2) is 17.8 Å². The van der Waals surface area contributed by atoms with Gasteiger partial charge in [0.1, 0.15) is 0 Å². The molecule has 90 valence electrons. The maximum absolute atomic E-state index is 9.00. The van der Waals surface area contributed by atoms with Crippen LogP contribution in [0.2, 0.25) is 0 Å². The van der Waals surface area contributed by atoms with Gasteiger partial charge in [-0.15, -0.1) is 0 Å².